The Morgan fingerprint density at radius 3 is 2.90 bits per heavy atom. The van der Waals surface area contributed by atoms with E-state index in [2.05, 4.69) is 4.98 Å². The highest BCUT2D eigenvalue weighted by Crippen LogP contribution is 2.29. The molecule has 6 heteroatoms. The molecule has 0 saturated carbocycles. The average Bonchev–Trinajstić information content (AvgIpc) is 2.84. The fraction of sp³-hybridized carbons (Fsp3) is 0.0667. The largest absolute Gasteiger partial charge is 0.436 e. The van der Waals surface area contributed by atoms with Crippen LogP contribution in [0.25, 0.3) is 5.65 Å². The van der Waals surface area contributed by atoms with Crippen LogP contribution in [-0.2, 0) is 6.61 Å². The fourth-order valence-electron chi connectivity index (χ4n) is 2.05. The molecular weight excluding hydrogens is 273 g/mol. The summed E-state index contributed by atoms with van der Waals surface area (Å²) in [6, 6.07) is 11.2. The molecule has 3 rings (SSSR count). The van der Waals surface area contributed by atoms with Gasteiger partial charge in [0, 0.05) is 6.20 Å². The molecule has 0 spiro atoms. The van der Waals surface area contributed by atoms with Crippen molar-refractivity contribution in [2.45, 2.75) is 6.61 Å². The molecule has 0 radical (unpaired) electrons. The molecule has 104 valence electrons. The van der Waals surface area contributed by atoms with Gasteiger partial charge in [-0.15, -0.1) is 0 Å². The number of imidazole rings is 1. The first kappa shape index (κ1) is 13.1. The van der Waals surface area contributed by atoms with Crippen LogP contribution in [0.4, 0.5) is 4.39 Å². The molecule has 3 aromatic rings. The van der Waals surface area contributed by atoms with Crippen LogP contribution in [0.2, 0.25) is 0 Å². The summed E-state index contributed by atoms with van der Waals surface area (Å²) in [5.74, 6) is -0.453. The number of rotatable bonds is 3. The normalized spacial score (nSPS) is 10.5. The first-order valence-electron chi connectivity index (χ1n) is 6.18. The number of benzene rings is 1. The van der Waals surface area contributed by atoms with E-state index in [4.69, 9.17) is 10.00 Å². The number of hydrogen-bond acceptors (Lipinski definition) is 4. The van der Waals surface area contributed by atoms with Crippen LogP contribution in [0.15, 0.2) is 42.6 Å². The lowest BCUT2D eigenvalue weighted by Gasteiger charge is -2.06. The van der Waals surface area contributed by atoms with Crippen LogP contribution in [-0.4, -0.2) is 14.5 Å². The van der Waals surface area contributed by atoms with Crippen LogP contribution in [0.5, 0.6) is 11.6 Å². The Kier molecular flexibility index (Phi) is 3.26. The van der Waals surface area contributed by atoms with E-state index in [0.29, 0.717) is 11.3 Å². The number of nitrogens with zero attached hydrogens (tertiary/aromatic N) is 3. The second-order valence-electron chi connectivity index (χ2n) is 4.28. The summed E-state index contributed by atoms with van der Waals surface area (Å²) in [7, 11) is 0. The molecule has 0 saturated heterocycles. The van der Waals surface area contributed by atoms with Gasteiger partial charge < -0.3 is 9.84 Å². The van der Waals surface area contributed by atoms with Crippen LogP contribution in [0.3, 0.4) is 0 Å². The third kappa shape index (κ3) is 2.20. The summed E-state index contributed by atoms with van der Waals surface area (Å²) < 4.78 is 20.8. The maximum atomic E-state index is 13.6. The lowest BCUT2D eigenvalue weighted by Crippen LogP contribution is -1.96. The van der Waals surface area contributed by atoms with E-state index in [1.54, 1.807) is 34.9 Å². The van der Waals surface area contributed by atoms with Gasteiger partial charge in [-0.05, 0) is 24.3 Å². The molecule has 2 aromatic heterocycles. The summed E-state index contributed by atoms with van der Waals surface area (Å²) in [6.45, 7) is -0.294. The van der Waals surface area contributed by atoms with Crippen LogP contribution in [0, 0.1) is 17.1 Å². The lowest BCUT2D eigenvalue weighted by atomic mass is 10.2. The minimum atomic E-state index is -0.663. The second-order valence-corrected chi connectivity index (χ2v) is 4.28. The van der Waals surface area contributed by atoms with E-state index >= 15 is 0 Å². The number of hydrogen-bond donors (Lipinski definition) is 1. The topological polar surface area (TPSA) is 70.5 Å². The van der Waals surface area contributed by atoms with Gasteiger partial charge in [0.25, 0.3) is 0 Å². The first-order chi connectivity index (χ1) is 10.2. The molecule has 21 heavy (non-hydrogen) atoms. The minimum absolute atomic E-state index is 0.0654. The van der Waals surface area contributed by atoms with Gasteiger partial charge in [0.2, 0.25) is 5.88 Å². The number of aliphatic hydroxyl groups excluding tert-OH is 1. The number of ether oxygens (including phenoxy) is 1. The molecule has 0 bridgehead atoms. The number of halogens is 1. The van der Waals surface area contributed by atoms with Crippen LogP contribution in [0.1, 0.15) is 11.3 Å². The van der Waals surface area contributed by atoms with Crippen LogP contribution >= 0.6 is 0 Å². The Morgan fingerprint density at radius 1 is 1.29 bits per heavy atom. The summed E-state index contributed by atoms with van der Waals surface area (Å²) in [5.41, 5.74) is 0.823. The molecule has 1 aromatic carbocycles. The van der Waals surface area contributed by atoms with Crippen molar-refractivity contribution in [3.8, 4) is 17.7 Å². The third-order valence-corrected chi connectivity index (χ3v) is 3.04. The van der Waals surface area contributed by atoms with Crippen molar-refractivity contribution in [2.24, 2.45) is 0 Å². The van der Waals surface area contributed by atoms with Gasteiger partial charge in [-0.3, -0.25) is 4.40 Å². The molecule has 0 unspecified atom stereocenters. The third-order valence-electron chi connectivity index (χ3n) is 3.04. The predicted molar refractivity (Wildman–Crippen MR) is 72.3 cm³/mol. The second kappa shape index (κ2) is 5.23. The summed E-state index contributed by atoms with van der Waals surface area (Å²) in [4.78, 5) is 4.23. The van der Waals surface area contributed by atoms with E-state index in [1.807, 2.05) is 0 Å². The smallest absolute Gasteiger partial charge is 0.243 e. The molecule has 0 amide bonds. The number of aromatic nitrogens is 2. The maximum Gasteiger partial charge on any atom is 0.243 e. The lowest BCUT2D eigenvalue weighted by molar-refractivity contribution is 0.269. The molecule has 5 nitrogen and oxygen atoms in total. The Morgan fingerprint density at radius 2 is 2.14 bits per heavy atom. The molecule has 2 heterocycles. The summed E-state index contributed by atoms with van der Waals surface area (Å²) in [5, 5.41) is 18.5. The number of fused-ring (bicyclic) bond motifs is 1. The zero-order valence-electron chi connectivity index (χ0n) is 10.8. The predicted octanol–water partition coefficient (Wildman–Crippen LogP) is 2.63. The van der Waals surface area contributed by atoms with Crippen molar-refractivity contribution < 1.29 is 14.2 Å². The molecule has 0 fully saturated rings. The van der Waals surface area contributed by atoms with Crippen LogP contribution < -0.4 is 4.74 Å². The van der Waals surface area contributed by atoms with Crippen molar-refractivity contribution in [2.75, 3.05) is 0 Å². The molecular formula is C15H10FN3O2. The number of pyridine rings is 1. The Balaban J connectivity index is 2.11. The Labute approximate surface area is 119 Å². The molecule has 0 atom stereocenters. The van der Waals surface area contributed by atoms with Gasteiger partial charge in [-0.25, -0.2) is 4.39 Å². The maximum absolute atomic E-state index is 13.6. The van der Waals surface area contributed by atoms with Gasteiger partial charge in [0.1, 0.15) is 34.5 Å². The fourth-order valence-corrected chi connectivity index (χ4v) is 2.05. The van der Waals surface area contributed by atoms with Gasteiger partial charge in [0.05, 0.1) is 6.61 Å². The van der Waals surface area contributed by atoms with Crippen molar-refractivity contribution in [1.29, 1.82) is 5.26 Å². The van der Waals surface area contributed by atoms with Gasteiger partial charge in [-0.1, -0.05) is 12.1 Å². The average molecular weight is 283 g/mol. The minimum Gasteiger partial charge on any atom is -0.436 e. The molecule has 1 N–H and O–H groups in total. The summed E-state index contributed by atoms with van der Waals surface area (Å²) >= 11 is 0. The van der Waals surface area contributed by atoms with E-state index in [0.717, 1.165) is 0 Å². The number of aliphatic hydroxyl groups is 1. The Bertz CT molecular complexity index is 852. The highest BCUT2D eigenvalue weighted by Gasteiger charge is 2.16. The molecule has 0 aliphatic carbocycles. The monoisotopic (exact) mass is 283 g/mol. The number of nitriles is 1. The summed E-state index contributed by atoms with van der Waals surface area (Å²) in [6.07, 6.45) is 1.73. The van der Waals surface area contributed by atoms with Gasteiger partial charge in [-0.2, -0.15) is 10.2 Å². The molecule has 0 aliphatic heterocycles. The zero-order valence-corrected chi connectivity index (χ0v) is 10.8. The van der Waals surface area contributed by atoms with Crippen molar-refractivity contribution in [1.82, 2.24) is 9.38 Å². The van der Waals surface area contributed by atoms with Crippen molar-refractivity contribution >= 4 is 5.65 Å². The van der Waals surface area contributed by atoms with E-state index < -0.39 is 5.82 Å². The van der Waals surface area contributed by atoms with Crippen molar-refractivity contribution in [3.63, 3.8) is 0 Å². The first-order valence-corrected chi connectivity index (χ1v) is 6.18. The van der Waals surface area contributed by atoms with E-state index in [9.17, 15) is 9.50 Å². The van der Waals surface area contributed by atoms with E-state index in [1.165, 1.54) is 18.2 Å². The molecule has 0 aliphatic rings. The zero-order chi connectivity index (χ0) is 14.8. The standard InChI is InChI=1S/C15H10FN3O2/c16-11-4-3-5-13(10(11)8-17)21-15-12(9-20)19-7-2-1-6-14(19)18-15/h1-7,20H,9H2. The SMILES string of the molecule is N#Cc1c(F)cccc1Oc1nc2ccccn2c1CO. The van der Waals surface area contributed by atoms with E-state index in [-0.39, 0.29) is 23.8 Å². The van der Waals surface area contributed by atoms with Crippen molar-refractivity contribution in [3.05, 3.63) is 59.7 Å². The van der Waals surface area contributed by atoms with Gasteiger partial charge in [0.15, 0.2) is 0 Å². The quantitative estimate of drug-likeness (QED) is 0.802. The Hall–Kier alpha value is -2.91. The van der Waals surface area contributed by atoms with Gasteiger partial charge >= 0.3 is 0 Å². The highest BCUT2D eigenvalue weighted by atomic mass is 19.1. The highest BCUT2D eigenvalue weighted by molar-refractivity contribution is 5.49.